The second-order valence-corrected chi connectivity index (χ2v) is 8.18. The van der Waals surface area contributed by atoms with Gasteiger partial charge in [0.25, 0.3) is 0 Å². The van der Waals surface area contributed by atoms with Gasteiger partial charge in [0, 0.05) is 19.1 Å². The number of hydrogen-bond acceptors (Lipinski definition) is 7. The average molecular weight is 457 g/mol. The van der Waals surface area contributed by atoms with Crippen molar-refractivity contribution in [1.29, 1.82) is 0 Å². The first kappa shape index (κ1) is 27.6. The Bertz CT molecular complexity index is 641. The van der Waals surface area contributed by atoms with E-state index >= 15 is 0 Å². The second-order valence-electron chi connectivity index (χ2n) is 8.18. The van der Waals surface area contributed by atoms with Crippen molar-refractivity contribution in [3.05, 3.63) is 0 Å². The molecule has 12 nitrogen and oxygen atoms in total. The number of aliphatic imine (C=N–C) groups is 1. The highest BCUT2D eigenvalue weighted by atomic mass is 16.3. The van der Waals surface area contributed by atoms with Gasteiger partial charge >= 0.3 is 0 Å². The van der Waals surface area contributed by atoms with E-state index in [4.69, 9.17) is 22.9 Å². The van der Waals surface area contributed by atoms with Crippen LogP contribution in [0.3, 0.4) is 0 Å². The lowest BCUT2D eigenvalue weighted by atomic mass is 10.1. The third kappa shape index (κ3) is 9.37. The molecule has 0 spiro atoms. The summed E-state index contributed by atoms with van der Waals surface area (Å²) in [6.07, 6.45) is 3.98. The van der Waals surface area contributed by atoms with Crippen LogP contribution in [0.5, 0.6) is 0 Å². The van der Waals surface area contributed by atoms with Crippen molar-refractivity contribution in [2.24, 2.45) is 27.9 Å². The maximum absolute atomic E-state index is 13.0. The molecule has 2 unspecified atom stereocenters. The summed E-state index contributed by atoms with van der Waals surface area (Å²) < 4.78 is 0. The number of hydrogen-bond donors (Lipinski definition) is 7. The lowest BCUT2D eigenvalue weighted by Crippen LogP contribution is -2.56. The number of aliphatic hydroxyl groups excluding tert-OH is 1. The molecule has 0 aromatic carbocycles. The van der Waals surface area contributed by atoms with Gasteiger partial charge in [0.05, 0.1) is 12.6 Å². The predicted molar refractivity (Wildman–Crippen MR) is 122 cm³/mol. The molecule has 1 heterocycles. The van der Waals surface area contributed by atoms with E-state index in [-0.39, 0.29) is 18.5 Å². The Morgan fingerprint density at radius 3 is 2.50 bits per heavy atom. The molecule has 11 N–H and O–H groups in total. The van der Waals surface area contributed by atoms with Crippen molar-refractivity contribution >= 4 is 23.7 Å². The van der Waals surface area contributed by atoms with E-state index in [1.807, 2.05) is 0 Å². The van der Waals surface area contributed by atoms with E-state index in [0.717, 1.165) is 12.8 Å². The standard InChI is InChI=1S/C20H40N8O4/c1-13(12-29)26-17(30)15(7-4-10-25-20(23)24)27-18(31)16-8-5-11-28(16)19(32)14(22)6-2-3-9-21/h13-16,29H,2-12,21-22H2,1H3,(H,26,30)(H,27,31)(H4,23,24,25)/t13?,14-,15-,16?/m0/s1. The van der Waals surface area contributed by atoms with E-state index in [1.54, 1.807) is 6.92 Å². The van der Waals surface area contributed by atoms with E-state index in [1.165, 1.54) is 4.90 Å². The largest absolute Gasteiger partial charge is 0.394 e. The number of nitrogens with one attached hydrogen (secondary N) is 2. The van der Waals surface area contributed by atoms with Crippen molar-refractivity contribution in [2.45, 2.75) is 76.0 Å². The van der Waals surface area contributed by atoms with Gasteiger partial charge in [-0.3, -0.25) is 19.4 Å². The maximum Gasteiger partial charge on any atom is 0.243 e. The van der Waals surface area contributed by atoms with Crippen LogP contribution in [0.2, 0.25) is 0 Å². The number of carbonyl (C=O) groups is 3. The van der Waals surface area contributed by atoms with Gasteiger partial charge < -0.3 is 43.6 Å². The molecular formula is C20H40N8O4. The van der Waals surface area contributed by atoms with Crippen molar-refractivity contribution in [3.8, 4) is 0 Å². The Hall–Kier alpha value is -2.44. The highest BCUT2D eigenvalue weighted by molar-refractivity contribution is 5.93. The predicted octanol–water partition coefficient (Wildman–Crippen LogP) is -2.53. The molecule has 1 saturated heterocycles. The SMILES string of the molecule is CC(CO)NC(=O)[C@H](CCCN=C(N)N)NC(=O)C1CCCN1C(=O)[C@@H](N)CCCCN. The lowest BCUT2D eigenvalue weighted by molar-refractivity contribution is -0.140. The van der Waals surface area contributed by atoms with Gasteiger partial charge in [0.2, 0.25) is 17.7 Å². The van der Waals surface area contributed by atoms with Crippen LogP contribution in [0.4, 0.5) is 0 Å². The lowest BCUT2D eigenvalue weighted by Gasteiger charge is -2.28. The monoisotopic (exact) mass is 456 g/mol. The fourth-order valence-corrected chi connectivity index (χ4v) is 3.58. The normalized spacial score (nSPS) is 18.5. The summed E-state index contributed by atoms with van der Waals surface area (Å²) in [4.78, 5) is 43.8. The molecule has 0 bridgehead atoms. The fraction of sp³-hybridized carbons (Fsp3) is 0.800. The number of unbranched alkanes of at least 4 members (excludes halogenated alkanes) is 1. The summed E-state index contributed by atoms with van der Waals surface area (Å²) in [6.45, 7) is 2.72. The van der Waals surface area contributed by atoms with Crippen molar-refractivity contribution in [1.82, 2.24) is 15.5 Å². The number of amides is 3. The van der Waals surface area contributed by atoms with Crippen LogP contribution < -0.4 is 33.6 Å². The topological polar surface area (TPSA) is 215 Å². The summed E-state index contributed by atoms with van der Waals surface area (Å²) in [7, 11) is 0. The molecule has 0 aliphatic carbocycles. The van der Waals surface area contributed by atoms with Crippen molar-refractivity contribution < 1.29 is 19.5 Å². The Balaban J connectivity index is 2.79. The number of aliphatic hydroxyl groups is 1. The van der Waals surface area contributed by atoms with Crippen LogP contribution in [0, 0.1) is 0 Å². The summed E-state index contributed by atoms with van der Waals surface area (Å²) in [5, 5.41) is 14.6. The summed E-state index contributed by atoms with van der Waals surface area (Å²) in [5.74, 6) is -1.13. The fourth-order valence-electron chi connectivity index (χ4n) is 3.58. The first-order valence-corrected chi connectivity index (χ1v) is 11.2. The molecule has 0 aromatic heterocycles. The quantitative estimate of drug-likeness (QED) is 0.0838. The van der Waals surface area contributed by atoms with Crippen LogP contribution in [0.15, 0.2) is 4.99 Å². The molecule has 184 valence electrons. The van der Waals surface area contributed by atoms with Gasteiger partial charge in [-0.25, -0.2) is 0 Å². The molecule has 0 saturated carbocycles. The van der Waals surface area contributed by atoms with E-state index in [9.17, 15) is 19.5 Å². The van der Waals surface area contributed by atoms with E-state index < -0.39 is 36.0 Å². The summed E-state index contributed by atoms with van der Waals surface area (Å²) in [5.41, 5.74) is 22.2. The first-order chi connectivity index (χ1) is 15.2. The molecule has 0 aromatic rings. The minimum absolute atomic E-state index is 0.0492. The van der Waals surface area contributed by atoms with Gasteiger partial charge in [0.1, 0.15) is 12.1 Å². The molecule has 3 amide bonds. The van der Waals surface area contributed by atoms with Crippen molar-refractivity contribution in [2.75, 3.05) is 26.2 Å². The number of nitrogens with zero attached hydrogens (tertiary/aromatic N) is 2. The number of likely N-dealkylation sites (tertiary alicyclic amines) is 1. The van der Waals surface area contributed by atoms with Crippen molar-refractivity contribution in [3.63, 3.8) is 0 Å². The molecule has 4 atom stereocenters. The van der Waals surface area contributed by atoms with Crippen LogP contribution in [-0.4, -0.2) is 84.1 Å². The van der Waals surface area contributed by atoms with E-state index in [2.05, 4.69) is 15.6 Å². The minimum Gasteiger partial charge on any atom is -0.394 e. The molecule has 1 aliphatic rings. The number of guanidine groups is 1. The Morgan fingerprint density at radius 1 is 1.16 bits per heavy atom. The third-order valence-electron chi connectivity index (χ3n) is 5.37. The van der Waals surface area contributed by atoms with Gasteiger partial charge in [0.15, 0.2) is 5.96 Å². The Labute approximate surface area is 189 Å². The Kier molecular flexibility index (Phi) is 12.6. The minimum atomic E-state index is -0.846. The number of nitrogens with two attached hydrogens (primary N) is 4. The number of carbonyl (C=O) groups excluding carboxylic acids is 3. The van der Waals surface area contributed by atoms with Crippen LogP contribution in [-0.2, 0) is 14.4 Å². The summed E-state index contributed by atoms with van der Waals surface area (Å²) in [6, 6.07) is -2.66. The van der Waals surface area contributed by atoms with Gasteiger partial charge in [-0.2, -0.15) is 0 Å². The molecule has 32 heavy (non-hydrogen) atoms. The van der Waals surface area contributed by atoms with Gasteiger partial charge in [-0.15, -0.1) is 0 Å². The average Bonchev–Trinajstić information content (AvgIpc) is 3.24. The van der Waals surface area contributed by atoms with E-state index in [0.29, 0.717) is 51.7 Å². The summed E-state index contributed by atoms with van der Waals surface area (Å²) >= 11 is 0. The number of rotatable bonds is 14. The van der Waals surface area contributed by atoms with Gasteiger partial charge in [-0.05, 0) is 52.0 Å². The molecule has 1 rings (SSSR count). The third-order valence-corrected chi connectivity index (χ3v) is 5.37. The maximum atomic E-state index is 13.0. The zero-order valence-electron chi connectivity index (χ0n) is 19.0. The molecule has 1 fully saturated rings. The smallest absolute Gasteiger partial charge is 0.243 e. The highest BCUT2D eigenvalue weighted by Gasteiger charge is 2.37. The molecular weight excluding hydrogens is 416 g/mol. The van der Waals surface area contributed by atoms with Crippen LogP contribution >= 0.6 is 0 Å². The molecule has 12 heteroatoms. The Morgan fingerprint density at radius 2 is 1.88 bits per heavy atom. The van der Waals surface area contributed by atoms with Crippen LogP contribution in [0.1, 0.15) is 51.9 Å². The van der Waals surface area contributed by atoms with Crippen LogP contribution in [0.25, 0.3) is 0 Å². The first-order valence-electron chi connectivity index (χ1n) is 11.2. The van der Waals surface area contributed by atoms with Gasteiger partial charge in [-0.1, -0.05) is 6.42 Å². The zero-order valence-corrected chi connectivity index (χ0v) is 19.0. The molecule has 1 aliphatic heterocycles. The zero-order chi connectivity index (χ0) is 24.1. The molecule has 0 radical (unpaired) electrons. The second kappa shape index (κ2) is 14.6. The highest BCUT2D eigenvalue weighted by Crippen LogP contribution is 2.20.